The number of nitrogens with one attached hydrogen (secondary N) is 1. The molecule has 0 fully saturated rings. The molecule has 26 heavy (non-hydrogen) atoms. The maximum Gasteiger partial charge on any atom is 0.336 e. The van der Waals surface area contributed by atoms with Crippen molar-refractivity contribution >= 4 is 34.3 Å². The Labute approximate surface area is 168 Å². The Morgan fingerprint density at radius 1 is 1.27 bits per heavy atom. The van der Waals surface area contributed by atoms with E-state index in [0.717, 1.165) is 51.8 Å². The molecular weight excluding hydrogens is 441 g/mol. The number of ether oxygens (including phenoxy) is 1. The molecule has 1 aliphatic heterocycles. The second-order valence-corrected chi connectivity index (χ2v) is 8.05. The van der Waals surface area contributed by atoms with Crippen molar-refractivity contribution in [3.63, 3.8) is 0 Å². The first-order chi connectivity index (χ1) is 12.5. The number of unbranched alkanes of at least 4 members (excludes halogenated alkanes) is 1. The second kappa shape index (κ2) is 8.37. The number of benzene rings is 1. The van der Waals surface area contributed by atoms with Crippen molar-refractivity contribution in [2.45, 2.75) is 51.9 Å². The lowest BCUT2D eigenvalue weighted by molar-refractivity contribution is -0.139. The third kappa shape index (κ3) is 3.87. The molecule has 4 nitrogen and oxygen atoms in total. The van der Waals surface area contributed by atoms with E-state index < -0.39 is 0 Å². The number of esters is 1. The molecule has 1 aromatic rings. The molecule has 0 radical (unpaired) electrons. The highest BCUT2D eigenvalue weighted by Crippen LogP contribution is 2.42. The molecule has 0 unspecified atom stereocenters. The van der Waals surface area contributed by atoms with E-state index in [1.165, 1.54) is 0 Å². The van der Waals surface area contributed by atoms with Crippen molar-refractivity contribution < 1.29 is 14.3 Å². The van der Waals surface area contributed by atoms with Crippen molar-refractivity contribution in [1.82, 2.24) is 5.32 Å². The lowest BCUT2D eigenvalue weighted by atomic mass is 9.75. The molecule has 2 aliphatic rings. The van der Waals surface area contributed by atoms with Gasteiger partial charge in [0, 0.05) is 32.9 Å². The van der Waals surface area contributed by atoms with Crippen LogP contribution < -0.4 is 5.32 Å². The summed E-state index contributed by atoms with van der Waals surface area (Å²) in [6, 6.07) is 8.05. The number of rotatable bonds is 5. The van der Waals surface area contributed by atoms with E-state index in [0.29, 0.717) is 18.6 Å². The Bertz CT molecular complexity index is 777. The molecule has 0 amide bonds. The molecule has 1 atom stereocenters. The molecule has 5 heteroatoms. The predicted octanol–water partition coefficient (Wildman–Crippen LogP) is 4.60. The molecule has 0 aromatic heterocycles. The van der Waals surface area contributed by atoms with Crippen LogP contribution in [-0.4, -0.2) is 18.4 Å². The summed E-state index contributed by atoms with van der Waals surface area (Å²) in [6.45, 7) is 4.37. The molecule has 1 heterocycles. The van der Waals surface area contributed by atoms with Crippen LogP contribution in [0.15, 0.2) is 46.8 Å². The Morgan fingerprint density at radius 3 is 2.69 bits per heavy atom. The number of carbonyl (C=O) groups excluding carboxylic acids is 2. The minimum absolute atomic E-state index is 0.133. The fourth-order valence-electron chi connectivity index (χ4n) is 3.63. The number of dihydropyridines is 1. The summed E-state index contributed by atoms with van der Waals surface area (Å²) in [5.41, 5.74) is 4.04. The summed E-state index contributed by atoms with van der Waals surface area (Å²) in [5.74, 6) is -0.532. The Hall–Kier alpha value is -1.63. The summed E-state index contributed by atoms with van der Waals surface area (Å²) in [7, 11) is 0. The largest absolute Gasteiger partial charge is 0.462 e. The molecule has 0 saturated carbocycles. The first-order valence-corrected chi connectivity index (χ1v) is 10.3. The Balaban J connectivity index is 2.04. The van der Waals surface area contributed by atoms with Crippen LogP contribution in [0.2, 0.25) is 0 Å². The van der Waals surface area contributed by atoms with E-state index in [-0.39, 0.29) is 17.7 Å². The van der Waals surface area contributed by atoms with Gasteiger partial charge in [0.2, 0.25) is 0 Å². The maximum absolute atomic E-state index is 12.9. The average molecular weight is 465 g/mol. The second-order valence-electron chi connectivity index (χ2n) is 6.81. The van der Waals surface area contributed by atoms with Gasteiger partial charge < -0.3 is 10.1 Å². The van der Waals surface area contributed by atoms with Gasteiger partial charge >= 0.3 is 5.97 Å². The highest BCUT2D eigenvalue weighted by Gasteiger charge is 2.38. The van der Waals surface area contributed by atoms with Crippen LogP contribution in [0.1, 0.15) is 57.4 Å². The number of allylic oxidation sites excluding steroid dienone is 3. The number of halogens is 1. The van der Waals surface area contributed by atoms with Crippen LogP contribution in [-0.2, 0) is 14.3 Å². The van der Waals surface area contributed by atoms with Gasteiger partial charge in [-0.3, -0.25) is 4.79 Å². The summed E-state index contributed by atoms with van der Waals surface area (Å²) in [6.07, 6.45) is 4.05. The molecule has 1 N–H and O–H groups in total. The molecule has 0 bridgehead atoms. The molecule has 0 saturated heterocycles. The summed E-state index contributed by atoms with van der Waals surface area (Å²) in [5, 5.41) is 3.32. The SMILES string of the molecule is CCCCOC(=O)C1=C(C)NC2=C(C(=O)CCC2)[C@@H]1c1ccc(I)cc1. The van der Waals surface area contributed by atoms with Gasteiger partial charge in [-0.05, 0) is 66.5 Å². The van der Waals surface area contributed by atoms with Crippen molar-refractivity contribution in [3.05, 3.63) is 55.9 Å². The van der Waals surface area contributed by atoms with E-state index in [1.54, 1.807) is 0 Å². The minimum Gasteiger partial charge on any atom is -0.462 e. The zero-order valence-corrected chi connectivity index (χ0v) is 17.4. The Morgan fingerprint density at radius 2 is 2.00 bits per heavy atom. The third-order valence-corrected chi connectivity index (χ3v) is 5.65. The van der Waals surface area contributed by atoms with Crippen LogP contribution in [0, 0.1) is 3.57 Å². The standard InChI is InChI=1S/C21H24INO3/c1-3-4-12-26-21(25)18-13(2)23-16-6-5-7-17(24)20(16)19(18)14-8-10-15(22)11-9-14/h8-11,19,23H,3-7,12H2,1-2H3/t19-/m1/s1. The topological polar surface area (TPSA) is 55.4 Å². The lowest BCUT2D eigenvalue weighted by Crippen LogP contribution is -2.34. The van der Waals surface area contributed by atoms with Crippen LogP contribution >= 0.6 is 22.6 Å². The van der Waals surface area contributed by atoms with Crippen LogP contribution in [0.5, 0.6) is 0 Å². The van der Waals surface area contributed by atoms with Crippen LogP contribution in [0.3, 0.4) is 0 Å². The van der Waals surface area contributed by atoms with E-state index in [1.807, 2.05) is 31.2 Å². The van der Waals surface area contributed by atoms with Crippen molar-refractivity contribution in [3.8, 4) is 0 Å². The number of hydrogen-bond acceptors (Lipinski definition) is 4. The van der Waals surface area contributed by atoms with E-state index in [2.05, 4.69) is 34.8 Å². The highest BCUT2D eigenvalue weighted by molar-refractivity contribution is 14.1. The lowest BCUT2D eigenvalue weighted by Gasteiger charge is -2.34. The van der Waals surface area contributed by atoms with Crippen molar-refractivity contribution in [2.75, 3.05) is 6.61 Å². The fourth-order valence-corrected chi connectivity index (χ4v) is 3.99. The van der Waals surface area contributed by atoms with E-state index in [4.69, 9.17) is 4.74 Å². The molecule has 0 spiro atoms. The summed E-state index contributed by atoms with van der Waals surface area (Å²) >= 11 is 2.26. The van der Waals surface area contributed by atoms with Gasteiger partial charge in [-0.2, -0.15) is 0 Å². The molecule has 138 valence electrons. The number of Topliss-reactive ketones (excluding diaryl/α,β-unsaturated/α-hetero) is 1. The number of hydrogen-bond donors (Lipinski definition) is 1. The third-order valence-electron chi connectivity index (χ3n) is 4.93. The normalized spacial score (nSPS) is 20.0. The van der Waals surface area contributed by atoms with Gasteiger partial charge in [0.1, 0.15) is 0 Å². The molecule has 3 rings (SSSR count). The van der Waals surface area contributed by atoms with Crippen molar-refractivity contribution in [1.29, 1.82) is 0 Å². The highest BCUT2D eigenvalue weighted by atomic mass is 127. The fraction of sp³-hybridized carbons (Fsp3) is 0.429. The van der Waals surface area contributed by atoms with E-state index in [9.17, 15) is 9.59 Å². The number of ketones is 1. The smallest absolute Gasteiger partial charge is 0.336 e. The van der Waals surface area contributed by atoms with Crippen LogP contribution in [0.4, 0.5) is 0 Å². The van der Waals surface area contributed by atoms with Gasteiger partial charge in [-0.1, -0.05) is 25.5 Å². The molecule has 1 aliphatic carbocycles. The summed E-state index contributed by atoms with van der Waals surface area (Å²) < 4.78 is 6.63. The van der Waals surface area contributed by atoms with Crippen LogP contribution in [0.25, 0.3) is 0 Å². The monoisotopic (exact) mass is 465 g/mol. The zero-order chi connectivity index (χ0) is 18.7. The Kier molecular flexibility index (Phi) is 6.16. The van der Waals surface area contributed by atoms with Gasteiger partial charge in [0.25, 0.3) is 0 Å². The quantitative estimate of drug-likeness (QED) is 0.392. The molecular formula is C21H24INO3. The van der Waals surface area contributed by atoms with Crippen molar-refractivity contribution in [2.24, 2.45) is 0 Å². The average Bonchev–Trinajstić information content (AvgIpc) is 2.61. The van der Waals surface area contributed by atoms with Gasteiger partial charge in [0.05, 0.1) is 12.2 Å². The molecule has 1 aromatic carbocycles. The van der Waals surface area contributed by atoms with Gasteiger partial charge in [-0.15, -0.1) is 0 Å². The van der Waals surface area contributed by atoms with E-state index >= 15 is 0 Å². The van der Waals surface area contributed by atoms with Gasteiger partial charge in [0.15, 0.2) is 5.78 Å². The predicted molar refractivity (Wildman–Crippen MR) is 109 cm³/mol. The first-order valence-electron chi connectivity index (χ1n) is 9.19. The van der Waals surface area contributed by atoms with Gasteiger partial charge in [-0.25, -0.2) is 4.79 Å². The number of carbonyl (C=O) groups is 2. The summed E-state index contributed by atoms with van der Waals surface area (Å²) in [4.78, 5) is 25.6. The maximum atomic E-state index is 12.9. The zero-order valence-electron chi connectivity index (χ0n) is 15.2. The minimum atomic E-state index is -0.342. The first kappa shape index (κ1) is 19.1.